The van der Waals surface area contributed by atoms with E-state index in [-0.39, 0.29) is 12.3 Å². The summed E-state index contributed by atoms with van der Waals surface area (Å²) in [5.74, 6) is 1.09. The summed E-state index contributed by atoms with van der Waals surface area (Å²) in [5, 5.41) is 10.3. The van der Waals surface area contributed by atoms with Crippen LogP contribution in [0.1, 0.15) is 75.9 Å². The Kier molecular flexibility index (Phi) is 9.24. The molecular weight excluding hydrogens is 471 g/mol. The van der Waals surface area contributed by atoms with Crippen LogP contribution in [0.2, 0.25) is 0 Å². The van der Waals surface area contributed by atoms with E-state index in [1.54, 1.807) is 13.3 Å². The van der Waals surface area contributed by atoms with Crippen molar-refractivity contribution in [2.75, 3.05) is 45.7 Å². The lowest BCUT2D eigenvalue weighted by atomic mass is 9.73. The Bertz CT molecular complexity index is 1050. The molecule has 0 bridgehead atoms. The Morgan fingerprint density at radius 3 is 2.65 bits per heavy atom. The highest BCUT2D eigenvalue weighted by Crippen LogP contribution is 2.43. The first-order valence-corrected chi connectivity index (χ1v) is 13.8. The Labute approximate surface area is 220 Å². The summed E-state index contributed by atoms with van der Waals surface area (Å²) in [7, 11) is 5.35. The molecule has 0 spiro atoms. The van der Waals surface area contributed by atoms with Crippen LogP contribution in [0.25, 0.3) is 10.9 Å². The van der Waals surface area contributed by atoms with Gasteiger partial charge in [0.05, 0.1) is 29.9 Å². The quantitative estimate of drug-likeness (QED) is 0.315. The SMILES string of the molecule is COc1ccc2ncc(N(C)C)c([C@H](F)CCC3(C(=O)NO)CCN(CCC4CCCCC4)CC3)c2c1. The molecule has 2 aromatic rings. The topological polar surface area (TPSA) is 77.9 Å². The van der Waals surface area contributed by atoms with E-state index < -0.39 is 11.6 Å². The molecule has 1 saturated carbocycles. The van der Waals surface area contributed by atoms with Crippen LogP contribution in [0.3, 0.4) is 0 Å². The number of pyridine rings is 1. The lowest BCUT2D eigenvalue weighted by Gasteiger charge is -2.41. The van der Waals surface area contributed by atoms with Crippen molar-refractivity contribution < 1.29 is 19.1 Å². The normalized spacial score (nSPS) is 19.5. The third kappa shape index (κ3) is 6.34. The summed E-state index contributed by atoms with van der Waals surface area (Å²) in [4.78, 5) is 21.7. The van der Waals surface area contributed by atoms with Crippen LogP contribution in [0.15, 0.2) is 24.4 Å². The lowest BCUT2D eigenvalue weighted by Crippen LogP contribution is -2.48. The molecule has 2 N–H and O–H groups in total. The number of carbonyl (C=O) groups excluding carboxylic acids is 1. The zero-order valence-corrected chi connectivity index (χ0v) is 22.6. The van der Waals surface area contributed by atoms with Crippen molar-refractivity contribution in [1.82, 2.24) is 15.4 Å². The van der Waals surface area contributed by atoms with Gasteiger partial charge in [-0.05, 0) is 75.9 Å². The molecule has 0 unspecified atom stereocenters. The second kappa shape index (κ2) is 12.4. The Balaban J connectivity index is 1.47. The first kappa shape index (κ1) is 27.6. The number of nitrogens with one attached hydrogen (secondary N) is 1. The predicted octanol–water partition coefficient (Wildman–Crippen LogP) is 5.66. The third-order valence-electron chi connectivity index (χ3n) is 8.74. The van der Waals surface area contributed by atoms with Gasteiger partial charge in [-0.1, -0.05) is 32.1 Å². The molecule has 1 amide bonds. The minimum Gasteiger partial charge on any atom is -0.497 e. The van der Waals surface area contributed by atoms with Crippen molar-refractivity contribution >= 4 is 22.5 Å². The molecule has 1 aromatic heterocycles. The molecule has 0 radical (unpaired) electrons. The first-order valence-electron chi connectivity index (χ1n) is 13.8. The largest absolute Gasteiger partial charge is 0.497 e. The fourth-order valence-corrected chi connectivity index (χ4v) is 6.30. The van der Waals surface area contributed by atoms with Gasteiger partial charge in [-0.25, -0.2) is 9.87 Å². The molecule has 7 nitrogen and oxygen atoms in total. The number of benzene rings is 1. The number of amides is 1. The van der Waals surface area contributed by atoms with E-state index in [9.17, 15) is 10.0 Å². The average molecular weight is 515 g/mol. The molecule has 8 heteroatoms. The highest BCUT2D eigenvalue weighted by molar-refractivity contribution is 5.88. The summed E-state index contributed by atoms with van der Waals surface area (Å²) in [6.07, 6.45) is 10.2. The molecule has 2 heterocycles. The fraction of sp³-hybridized carbons (Fsp3) is 0.655. The van der Waals surface area contributed by atoms with E-state index in [0.29, 0.717) is 41.8 Å². The molecule has 4 rings (SSSR count). The maximum Gasteiger partial charge on any atom is 0.249 e. The summed E-state index contributed by atoms with van der Waals surface area (Å²) in [5.41, 5.74) is 3.12. The van der Waals surface area contributed by atoms with Gasteiger partial charge in [0.15, 0.2) is 0 Å². The van der Waals surface area contributed by atoms with E-state index in [4.69, 9.17) is 4.74 Å². The number of ether oxygens (including phenoxy) is 1. The molecule has 1 atom stereocenters. The van der Waals surface area contributed by atoms with Crippen LogP contribution in [-0.4, -0.2) is 61.8 Å². The Morgan fingerprint density at radius 2 is 2.00 bits per heavy atom. The van der Waals surface area contributed by atoms with Crippen LogP contribution >= 0.6 is 0 Å². The van der Waals surface area contributed by atoms with Crippen LogP contribution in [0.5, 0.6) is 5.75 Å². The number of aromatic nitrogens is 1. The molecular formula is C29H43FN4O3. The molecule has 2 fully saturated rings. The summed E-state index contributed by atoms with van der Waals surface area (Å²) < 4.78 is 21.5. The number of piperidine rings is 1. The second-order valence-corrected chi connectivity index (χ2v) is 11.2. The van der Waals surface area contributed by atoms with Gasteiger partial charge >= 0.3 is 0 Å². The van der Waals surface area contributed by atoms with Crippen LogP contribution in [0, 0.1) is 11.3 Å². The van der Waals surface area contributed by atoms with E-state index >= 15 is 4.39 Å². The predicted molar refractivity (Wildman–Crippen MR) is 145 cm³/mol. The zero-order chi connectivity index (χ0) is 26.4. The standard InChI is InChI=1S/C29H43FN4O3/c1-33(2)26-20-31-25-10-9-22(37-3)19-23(25)27(26)24(30)11-13-29(28(35)32-36)14-17-34(18-15-29)16-12-21-7-5-4-6-8-21/h9-10,19-21,24,36H,4-8,11-18H2,1-3H3,(H,32,35)/t24-/m1/s1. The van der Waals surface area contributed by atoms with Crippen molar-refractivity contribution in [3.05, 3.63) is 30.0 Å². The van der Waals surface area contributed by atoms with Crippen molar-refractivity contribution in [3.8, 4) is 5.75 Å². The van der Waals surface area contributed by atoms with Crippen LogP contribution < -0.4 is 15.1 Å². The van der Waals surface area contributed by atoms with Crippen LogP contribution in [0.4, 0.5) is 10.1 Å². The average Bonchev–Trinajstić information content (AvgIpc) is 2.94. The van der Waals surface area contributed by atoms with Crippen molar-refractivity contribution in [1.29, 1.82) is 0 Å². The number of hydrogen-bond donors (Lipinski definition) is 2. The Morgan fingerprint density at radius 1 is 1.27 bits per heavy atom. The van der Waals surface area contributed by atoms with E-state index in [1.807, 2.05) is 42.7 Å². The van der Waals surface area contributed by atoms with Gasteiger partial charge in [-0.3, -0.25) is 15.0 Å². The molecule has 2 aliphatic rings. The number of alkyl halides is 1. The summed E-state index contributed by atoms with van der Waals surface area (Å²) in [6, 6.07) is 5.50. The molecule has 37 heavy (non-hydrogen) atoms. The number of nitrogens with zero attached hydrogens (tertiary/aromatic N) is 3. The van der Waals surface area contributed by atoms with Gasteiger partial charge in [-0.15, -0.1) is 0 Å². The fourth-order valence-electron chi connectivity index (χ4n) is 6.30. The summed E-state index contributed by atoms with van der Waals surface area (Å²) in [6.45, 7) is 2.66. The molecule has 1 saturated heterocycles. The highest BCUT2D eigenvalue weighted by atomic mass is 19.1. The molecule has 1 aliphatic heterocycles. The van der Waals surface area contributed by atoms with Crippen molar-refractivity contribution in [2.24, 2.45) is 11.3 Å². The molecule has 204 valence electrons. The number of likely N-dealkylation sites (tertiary alicyclic amines) is 1. The van der Waals surface area contributed by atoms with E-state index in [0.717, 1.165) is 30.9 Å². The summed E-state index contributed by atoms with van der Waals surface area (Å²) >= 11 is 0. The number of carbonyl (C=O) groups is 1. The van der Waals surface area contributed by atoms with Gasteiger partial charge in [0.2, 0.25) is 5.91 Å². The van der Waals surface area contributed by atoms with Crippen LogP contribution in [-0.2, 0) is 4.79 Å². The number of anilines is 1. The van der Waals surface area contributed by atoms with Crippen molar-refractivity contribution in [3.63, 3.8) is 0 Å². The minimum absolute atomic E-state index is 0.187. The maximum absolute atomic E-state index is 16.1. The lowest BCUT2D eigenvalue weighted by molar-refractivity contribution is -0.143. The number of halogens is 1. The van der Waals surface area contributed by atoms with Gasteiger partial charge in [0, 0.05) is 25.0 Å². The number of methoxy groups -OCH3 is 1. The molecule has 1 aliphatic carbocycles. The number of hydrogen-bond acceptors (Lipinski definition) is 6. The van der Waals surface area contributed by atoms with Gasteiger partial charge < -0.3 is 14.5 Å². The monoisotopic (exact) mass is 514 g/mol. The van der Waals surface area contributed by atoms with Gasteiger partial charge in [0.25, 0.3) is 0 Å². The zero-order valence-electron chi connectivity index (χ0n) is 22.6. The number of hydroxylamine groups is 1. The highest BCUT2D eigenvalue weighted by Gasteiger charge is 2.42. The van der Waals surface area contributed by atoms with E-state index in [1.165, 1.54) is 38.5 Å². The number of rotatable bonds is 10. The molecule has 1 aromatic carbocycles. The maximum atomic E-state index is 16.1. The smallest absolute Gasteiger partial charge is 0.249 e. The minimum atomic E-state index is -1.29. The van der Waals surface area contributed by atoms with Gasteiger partial charge in [-0.2, -0.15) is 0 Å². The van der Waals surface area contributed by atoms with E-state index in [2.05, 4.69) is 9.88 Å². The second-order valence-electron chi connectivity index (χ2n) is 11.2. The first-order chi connectivity index (χ1) is 17.9. The van der Waals surface area contributed by atoms with Gasteiger partial charge in [0.1, 0.15) is 11.9 Å². The third-order valence-corrected chi connectivity index (χ3v) is 8.74. The van der Waals surface area contributed by atoms with Crippen molar-refractivity contribution in [2.45, 2.75) is 70.4 Å². The number of fused-ring (bicyclic) bond motifs is 1. The Hall–Kier alpha value is -2.45.